The van der Waals surface area contributed by atoms with Gasteiger partial charge in [0.25, 0.3) is 0 Å². The number of benzene rings is 2. The maximum atomic E-state index is 12.2. The van der Waals surface area contributed by atoms with Crippen molar-refractivity contribution in [1.82, 2.24) is 14.8 Å². The average Bonchev–Trinajstić information content (AvgIpc) is 3.01. The van der Waals surface area contributed by atoms with E-state index in [-0.39, 0.29) is 11.7 Å². The predicted octanol–water partition coefficient (Wildman–Crippen LogP) is 3.39. The number of thioether (sulfide) groups is 1. The second-order valence-electron chi connectivity index (χ2n) is 5.67. The van der Waals surface area contributed by atoms with Crippen molar-refractivity contribution in [2.75, 3.05) is 11.1 Å². The predicted molar refractivity (Wildman–Crippen MR) is 102 cm³/mol. The number of hydrogen-bond acceptors (Lipinski definition) is 5. The van der Waals surface area contributed by atoms with Gasteiger partial charge in [0.1, 0.15) is 6.07 Å². The van der Waals surface area contributed by atoms with E-state index in [0.717, 1.165) is 17.0 Å². The summed E-state index contributed by atoms with van der Waals surface area (Å²) < 4.78 is 1.88. The molecule has 3 aromatic rings. The van der Waals surface area contributed by atoms with Gasteiger partial charge in [-0.1, -0.05) is 48.2 Å². The molecule has 3 rings (SSSR count). The molecule has 0 unspecified atom stereocenters. The van der Waals surface area contributed by atoms with Gasteiger partial charge in [-0.3, -0.25) is 4.79 Å². The molecule has 6 nitrogen and oxygen atoms in total. The Kier molecular flexibility index (Phi) is 5.34. The molecular weight excluding hydrogens is 346 g/mol. The summed E-state index contributed by atoms with van der Waals surface area (Å²) in [5.74, 6) is 0.749. The highest BCUT2D eigenvalue weighted by Crippen LogP contribution is 2.25. The first-order valence-corrected chi connectivity index (χ1v) is 8.96. The number of carbonyl (C=O) groups is 1. The van der Waals surface area contributed by atoms with Crippen LogP contribution < -0.4 is 5.32 Å². The summed E-state index contributed by atoms with van der Waals surface area (Å²) in [6.07, 6.45) is 0. The number of aromatic nitrogens is 3. The first-order valence-electron chi connectivity index (χ1n) is 7.97. The number of rotatable bonds is 5. The number of hydrogen-bond donors (Lipinski definition) is 1. The maximum Gasteiger partial charge on any atom is 0.234 e. The third kappa shape index (κ3) is 3.76. The summed E-state index contributed by atoms with van der Waals surface area (Å²) in [4.78, 5) is 12.2. The van der Waals surface area contributed by atoms with Gasteiger partial charge in [-0.25, -0.2) is 0 Å². The van der Waals surface area contributed by atoms with E-state index in [9.17, 15) is 4.79 Å². The summed E-state index contributed by atoms with van der Waals surface area (Å²) in [7, 11) is 1.88. The quantitative estimate of drug-likeness (QED) is 0.703. The Labute approximate surface area is 155 Å². The number of nitrogens with one attached hydrogen (secondary N) is 1. The molecule has 1 N–H and O–H groups in total. The average molecular weight is 363 g/mol. The highest BCUT2D eigenvalue weighted by atomic mass is 32.2. The van der Waals surface area contributed by atoms with Crippen LogP contribution in [0, 0.1) is 18.3 Å². The van der Waals surface area contributed by atoms with Crippen LogP contribution in [0.5, 0.6) is 0 Å². The summed E-state index contributed by atoms with van der Waals surface area (Å²) in [6.45, 7) is 2.02. The second kappa shape index (κ2) is 7.85. The molecule has 26 heavy (non-hydrogen) atoms. The number of nitrogens with zero attached hydrogens (tertiary/aromatic N) is 4. The van der Waals surface area contributed by atoms with Crippen molar-refractivity contribution < 1.29 is 4.79 Å². The molecule has 0 aliphatic rings. The number of nitriles is 1. The van der Waals surface area contributed by atoms with Gasteiger partial charge in [-0.15, -0.1) is 10.2 Å². The van der Waals surface area contributed by atoms with E-state index in [0.29, 0.717) is 16.4 Å². The normalized spacial score (nSPS) is 10.3. The zero-order chi connectivity index (χ0) is 18.5. The van der Waals surface area contributed by atoms with Crippen LogP contribution in [-0.2, 0) is 11.8 Å². The van der Waals surface area contributed by atoms with Gasteiger partial charge in [-0.05, 0) is 24.6 Å². The van der Waals surface area contributed by atoms with Gasteiger partial charge >= 0.3 is 0 Å². The third-order valence-electron chi connectivity index (χ3n) is 3.87. The Morgan fingerprint density at radius 2 is 1.92 bits per heavy atom. The van der Waals surface area contributed by atoms with Crippen LogP contribution in [0.2, 0.25) is 0 Å². The number of amides is 1. The summed E-state index contributed by atoms with van der Waals surface area (Å²) in [5.41, 5.74) is 3.08. The third-order valence-corrected chi connectivity index (χ3v) is 4.90. The number of aryl methyl sites for hydroxylation is 1. The summed E-state index contributed by atoms with van der Waals surface area (Å²) in [5, 5.41) is 20.9. The minimum absolute atomic E-state index is 0.180. The molecule has 0 atom stereocenters. The Morgan fingerprint density at radius 3 is 2.69 bits per heavy atom. The zero-order valence-corrected chi connectivity index (χ0v) is 15.2. The van der Waals surface area contributed by atoms with Crippen molar-refractivity contribution in [3.05, 3.63) is 59.7 Å². The largest absolute Gasteiger partial charge is 0.324 e. The molecule has 0 bridgehead atoms. The molecule has 1 amide bonds. The molecule has 0 radical (unpaired) electrons. The first-order chi connectivity index (χ1) is 12.6. The highest BCUT2D eigenvalue weighted by molar-refractivity contribution is 7.99. The maximum absolute atomic E-state index is 12.2. The van der Waals surface area contributed by atoms with Gasteiger partial charge in [0, 0.05) is 12.6 Å². The Bertz CT molecular complexity index is 990. The minimum atomic E-state index is -0.196. The van der Waals surface area contributed by atoms with E-state index < -0.39 is 0 Å². The summed E-state index contributed by atoms with van der Waals surface area (Å²) in [6, 6.07) is 16.9. The Hall–Kier alpha value is -3.11. The van der Waals surface area contributed by atoms with E-state index in [4.69, 9.17) is 5.26 Å². The van der Waals surface area contributed by atoms with Crippen molar-refractivity contribution in [3.8, 4) is 17.5 Å². The van der Waals surface area contributed by atoms with Crippen molar-refractivity contribution in [1.29, 1.82) is 5.26 Å². The van der Waals surface area contributed by atoms with Crippen LogP contribution in [0.3, 0.4) is 0 Å². The van der Waals surface area contributed by atoms with E-state index in [1.807, 2.05) is 42.8 Å². The second-order valence-corrected chi connectivity index (χ2v) is 6.62. The molecule has 0 aliphatic carbocycles. The van der Waals surface area contributed by atoms with Crippen LogP contribution >= 0.6 is 11.8 Å². The number of anilines is 1. The monoisotopic (exact) mass is 363 g/mol. The van der Waals surface area contributed by atoms with Crippen LogP contribution in [-0.4, -0.2) is 26.4 Å². The van der Waals surface area contributed by atoms with Crippen LogP contribution in [0.15, 0.2) is 53.7 Å². The standard InChI is InChI=1S/C19H17N5OS/c1-13-7-3-5-9-15(13)18-22-23-19(24(18)2)26-12-17(25)21-16-10-6-4-8-14(16)11-20/h3-10H,12H2,1-2H3,(H,21,25). The molecule has 0 spiro atoms. The number of para-hydroxylation sites is 1. The van der Waals surface area contributed by atoms with Crippen LogP contribution in [0.1, 0.15) is 11.1 Å². The van der Waals surface area contributed by atoms with Crippen molar-refractivity contribution in [3.63, 3.8) is 0 Å². The lowest BCUT2D eigenvalue weighted by Gasteiger charge is -2.07. The SMILES string of the molecule is Cc1ccccc1-c1nnc(SCC(=O)Nc2ccccc2C#N)n1C. The molecule has 2 aromatic carbocycles. The van der Waals surface area contributed by atoms with Crippen LogP contribution in [0.4, 0.5) is 5.69 Å². The first kappa shape index (κ1) is 17.7. The van der Waals surface area contributed by atoms with Gasteiger partial charge in [-0.2, -0.15) is 5.26 Å². The molecule has 1 heterocycles. The smallest absolute Gasteiger partial charge is 0.234 e. The zero-order valence-electron chi connectivity index (χ0n) is 14.4. The fourth-order valence-electron chi connectivity index (χ4n) is 2.50. The lowest BCUT2D eigenvalue weighted by Crippen LogP contribution is -2.15. The molecule has 0 saturated carbocycles. The van der Waals surface area contributed by atoms with Crippen LogP contribution in [0.25, 0.3) is 11.4 Å². The molecular formula is C19H17N5OS. The number of carbonyl (C=O) groups excluding carboxylic acids is 1. The molecule has 1 aromatic heterocycles. The Balaban J connectivity index is 1.68. The van der Waals surface area contributed by atoms with Gasteiger partial charge in [0.05, 0.1) is 17.0 Å². The molecule has 7 heteroatoms. The van der Waals surface area contributed by atoms with Gasteiger partial charge in [0.2, 0.25) is 5.91 Å². The topological polar surface area (TPSA) is 83.6 Å². The van der Waals surface area contributed by atoms with E-state index in [1.54, 1.807) is 24.3 Å². The molecule has 0 fully saturated rings. The fraction of sp³-hybridized carbons (Fsp3) is 0.158. The van der Waals surface area contributed by atoms with Crippen molar-refractivity contribution in [2.45, 2.75) is 12.1 Å². The van der Waals surface area contributed by atoms with E-state index in [2.05, 4.69) is 21.6 Å². The molecule has 130 valence electrons. The van der Waals surface area contributed by atoms with Crippen molar-refractivity contribution in [2.24, 2.45) is 7.05 Å². The van der Waals surface area contributed by atoms with E-state index >= 15 is 0 Å². The Morgan fingerprint density at radius 1 is 1.19 bits per heavy atom. The lowest BCUT2D eigenvalue weighted by molar-refractivity contribution is -0.113. The summed E-state index contributed by atoms with van der Waals surface area (Å²) >= 11 is 1.30. The lowest BCUT2D eigenvalue weighted by atomic mass is 10.1. The molecule has 0 aliphatic heterocycles. The molecule has 0 saturated heterocycles. The van der Waals surface area contributed by atoms with Crippen molar-refractivity contribution >= 4 is 23.4 Å². The van der Waals surface area contributed by atoms with Gasteiger partial charge in [0.15, 0.2) is 11.0 Å². The van der Waals surface area contributed by atoms with Gasteiger partial charge < -0.3 is 9.88 Å². The highest BCUT2D eigenvalue weighted by Gasteiger charge is 2.14. The fourth-order valence-corrected chi connectivity index (χ4v) is 3.22. The minimum Gasteiger partial charge on any atom is -0.324 e. The van der Waals surface area contributed by atoms with E-state index in [1.165, 1.54) is 11.8 Å².